The lowest BCUT2D eigenvalue weighted by molar-refractivity contribution is 0.208. The fourth-order valence-electron chi connectivity index (χ4n) is 1.11. The zero-order valence-corrected chi connectivity index (χ0v) is 5.69. The molecule has 58 valence electrons. The standard InChI is InChI=1S/C7H11F2N/c8-6-2-1-5(4-10)7(9)3-6/h2,5,7H,1,3-4,10H2/t5-,7-/m0/s1. The molecule has 0 saturated heterocycles. The van der Waals surface area contributed by atoms with Crippen LogP contribution in [0.4, 0.5) is 8.78 Å². The lowest BCUT2D eigenvalue weighted by Crippen LogP contribution is -2.26. The van der Waals surface area contributed by atoms with Crippen LogP contribution >= 0.6 is 0 Å². The molecule has 0 bridgehead atoms. The number of nitrogens with two attached hydrogens (primary N) is 1. The molecule has 1 nitrogen and oxygen atoms in total. The summed E-state index contributed by atoms with van der Waals surface area (Å²) in [4.78, 5) is 0. The molecule has 10 heavy (non-hydrogen) atoms. The van der Waals surface area contributed by atoms with Crippen LogP contribution in [0.3, 0.4) is 0 Å². The van der Waals surface area contributed by atoms with Crippen LogP contribution in [-0.4, -0.2) is 12.7 Å². The van der Waals surface area contributed by atoms with Gasteiger partial charge in [-0.1, -0.05) is 6.08 Å². The lowest BCUT2D eigenvalue weighted by atomic mass is 9.92. The minimum atomic E-state index is -1.07. The van der Waals surface area contributed by atoms with Crippen LogP contribution in [0.1, 0.15) is 12.8 Å². The molecule has 0 saturated carbocycles. The van der Waals surface area contributed by atoms with Crippen LogP contribution < -0.4 is 5.73 Å². The Morgan fingerprint density at radius 1 is 1.70 bits per heavy atom. The highest BCUT2D eigenvalue weighted by Gasteiger charge is 2.24. The van der Waals surface area contributed by atoms with E-state index in [1.165, 1.54) is 6.08 Å². The number of hydrogen-bond donors (Lipinski definition) is 1. The summed E-state index contributed by atoms with van der Waals surface area (Å²) in [5, 5.41) is 0. The van der Waals surface area contributed by atoms with Gasteiger partial charge in [-0.05, 0) is 13.0 Å². The van der Waals surface area contributed by atoms with Gasteiger partial charge in [0.25, 0.3) is 0 Å². The van der Waals surface area contributed by atoms with E-state index in [1.54, 1.807) is 0 Å². The predicted molar refractivity (Wildman–Crippen MR) is 35.9 cm³/mol. The zero-order valence-electron chi connectivity index (χ0n) is 5.69. The molecule has 0 spiro atoms. The van der Waals surface area contributed by atoms with Crippen LogP contribution in [0.2, 0.25) is 0 Å². The van der Waals surface area contributed by atoms with Crippen LogP contribution in [0, 0.1) is 5.92 Å². The first kappa shape index (κ1) is 7.66. The summed E-state index contributed by atoms with van der Waals surface area (Å²) in [5.41, 5.74) is 5.25. The van der Waals surface area contributed by atoms with Gasteiger partial charge in [0, 0.05) is 12.3 Å². The van der Waals surface area contributed by atoms with Gasteiger partial charge >= 0.3 is 0 Å². The normalized spacial score (nSPS) is 33.7. The molecule has 1 rings (SSSR count). The molecule has 0 radical (unpaired) electrons. The van der Waals surface area contributed by atoms with E-state index >= 15 is 0 Å². The Balaban J connectivity index is 2.52. The average molecular weight is 147 g/mol. The summed E-state index contributed by atoms with van der Waals surface area (Å²) >= 11 is 0. The number of hydrogen-bond acceptors (Lipinski definition) is 1. The fourth-order valence-corrected chi connectivity index (χ4v) is 1.11. The van der Waals surface area contributed by atoms with Crippen molar-refractivity contribution in [2.24, 2.45) is 11.7 Å². The van der Waals surface area contributed by atoms with Crippen LogP contribution in [0.5, 0.6) is 0 Å². The van der Waals surface area contributed by atoms with Gasteiger partial charge in [0.15, 0.2) is 0 Å². The quantitative estimate of drug-likeness (QED) is 0.598. The molecule has 0 fully saturated rings. The number of halogens is 2. The Labute approximate surface area is 58.9 Å². The van der Waals surface area contributed by atoms with Crippen molar-refractivity contribution < 1.29 is 8.78 Å². The highest BCUT2D eigenvalue weighted by Crippen LogP contribution is 2.26. The monoisotopic (exact) mass is 147 g/mol. The van der Waals surface area contributed by atoms with E-state index in [4.69, 9.17) is 5.73 Å². The van der Waals surface area contributed by atoms with E-state index in [0.717, 1.165) is 0 Å². The maximum absolute atomic E-state index is 12.7. The van der Waals surface area contributed by atoms with Crippen LogP contribution in [0.15, 0.2) is 11.9 Å². The largest absolute Gasteiger partial charge is 0.330 e. The number of rotatable bonds is 1. The van der Waals surface area contributed by atoms with Crippen molar-refractivity contribution >= 4 is 0 Å². The first-order valence-corrected chi connectivity index (χ1v) is 3.42. The first-order chi connectivity index (χ1) is 4.74. The van der Waals surface area contributed by atoms with Crippen molar-refractivity contribution in [1.29, 1.82) is 0 Å². The Morgan fingerprint density at radius 2 is 2.40 bits per heavy atom. The summed E-state index contributed by atoms with van der Waals surface area (Å²) in [5.74, 6) is -0.503. The van der Waals surface area contributed by atoms with Crippen molar-refractivity contribution in [3.8, 4) is 0 Å². The lowest BCUT2D eigenvalue weighted by Gasteiger charge is -2.20. The molecular weight excluding hydrogens is 136 g/mol. The van der Waals surface area contributed by atoms with Crippen molar-refractivity contribution in [2.45, 2.75) is 19.0 Å². The van der Waals surface area contributed by atoms with Crippen LogP contribution in [0.25, 0.3) is 0 Å². The predicted octanol–water partition coefficient (Wildman–Crippen LogP) is 1.55. The van der Waals surface area contributed by atoms with Gasteiger partial charge in [-0.15, -0.1) is 0 Å². The van der Waals surface area contributed by atoms with E-state index in [-0.39, 0.29) is 18.2 Å². The number of allylic oxidation sites excluding steroid dienone is 2. The summed E-state index contributed by atoms with van der Waals surface area (Å²) < 4.78 is 25.1. The highest BCUT2D eigenvalue weighted by atomic mass is 19.1. The second-order valence-electron chi connectivity index (χ2n) is 2.60. The van der Waals surface area contributed by atoms with E-state index in [0.29, 0.717) is 13.0 Å². The van der Waals surface area contributed by atoms with Gasteiger partial charge in [0.05, 0.1) is 5.83 Å². The Bertz CT molecular complexity index is 145. The van der Waals surface area contributed by atoms with E-state index in [1.807, 2.05) is 0 Å². The van der Waals surface area contributed by atoms with E-state index in [2.05, 4.69) is 0 Å². The second-order valence-corrected chi connectivity index (χ2v) is 2.60. The van der Waals surface area contributed by atoms with Crippen molar-refractivity contribution in [2.75, 3.05) is 6.54 Å². The molecule has 0 heterocycles. The Hall–Kier alpha value is -0.440. The third kappa shape index (κ3) is 1.53. The Morgan fingerprint density at radius 3 is 2.90 bits per heavy atom. The summed E-state index contributed by atoms with van der Waals surface area (Å²) in [6.07, 6.45) is 0.717. The number of alkyl halides is 1. The molecule has 1 aliphatic rings. The van der Waals surface area contributed by atoms with Crippen LogP contribution in [-0.2, 0) is 0 Å². The molecule has 1 aliphatic carbocycles. The maximum Gasteiger partial charge on any atom is 0.111 e. The molecule has 0 aromatic rings. The zero-order chi connectivity index (χ0) is 7.56. The third-order valence-corrected chi connectivity index (χ3v) is 1.85. The minimum Gasteiger partial charge on any atom is -0.330 e. The van der Waals surface area contributed by atoms with Gasteiger partial charge in [-0.2, -0.15) is 0 Å². The maximum atomic E-state index is 12.7. The van der Waals surface area contributed by atoms with Crippen molar-refractivity contribution in [3.63, 3.8) is 0 Å². The van der Waals surface area contributed by atoms with Gasteiger partial charge in [0.1, 0.15) is 6.17 Å². The average Bonchev–Trinajstić information content (AvgIpc) is 1.88. The summed E-state index contributed by atoms with van der Waals surface area (Å²) in [6, 6.07) is 0. The molecular formula is C7H11F2N. The Kier molecular flexibility index (Phi) is 2.38. The molecule has 2 atom stereocenters. The molecule has 0 aromatic carbocycles. The van der Waals surface area contributed by atoms with Crippen molar-refractivity contribution in [3.05, 3.63) is 11.9 Å². The van der Waals surface area contributed by atoms with Crippen molar-refractivity contribution in [1.82, 2.24) is 0 Å². The topological polar surface area (TPSA) is 26.0 Å². The minimum absolute atomic E-state index is 0.0815. The SMILES string of the molecule is NC[C@@H]1CC=C(F)C[C@@H]1F. The first-order valence-electron chi connectivity index (χ1n) is 3.42. The van der Waals surface area contributed by atoms with Gasteiger partial charge in [0.2, 0.25) is 0 Å². The van der Waals surface area contributed by atoms with E-state index in [9.17, 15) is 8.78 Å². The highest BCUT2D eigenvalue weighted by molar-refractivity contribution is 5.01. The molecule has 0 aromatic heterocycles. The van der Waals surface area contributed by atoms with Gasteiger partial charge in [-0.25, -0.2) is 8.78 Å². The van der Waals surface area contributed by atoms with Gasteiger partial charge in [-0.3, -0.25) is 0 Å². The van der Waals surface area contributed by atoms with E-state index < -0.39 is 6.17 Å². The molecule has 3 heteroatoms. The van der Waals surface area contributed by atoms with Gasteiger partial charge < -0.3 is 5.73 Å². The smallest absolute Gasteiger partial charge is 0.111 e. The molecule has 2 N–H and O–H groups in total. The molecule has 0 unspecified atom stereocenters. The second kappa shape index (κ2) is 3.10. The fraction of sp³-hybridized carbons (Fsp3) is 0.714. The summed E-state index contributed by atoms with van der Waals surface area (Å²) in [6.45, 7) is 0.310. The molecule has 0 amide bonds. The third-order valence-electron chi connectivity index (χ3n) is 1.85. The summed E-state index contributed by atoms with van der Waals surface area (Å²) in [7, 11) is 0. The molecule has 0 aliphatic heterocycles.